The number of hydrogen-bond donors (Lipinski definition) is 1. The van der Waals surface area contributed by atoms with E-state index in [2.05, 4.69) is 18.0 Å². The largest absolute Gasteiger partial charge is 0.384 e. The van der Waals surface area contributed by atoms with E-state index in [0.717, 1.165) is 30.6 Å². The molecule has 1 heterocycles. The van der Waals surface area contributed by atoms with Crippen molar-refractivity contribution < 1.29 is 4.79 Å². The summed E-state index contributed by atoms with van der Waals surface area (Å²) in [7, 11) is 0. The van der Waals surface area contributed by atoms with Gasteiger partial charge >= 0.3 is 0 Å². The number of rotatable bonds is 4. The van der Waals surface area contributed by atoms with E-state index < -0.39 is 0 Å². The van der Waals surface area contributed by atoms with E-state index in [1.807, 2.05) is 29.2 Å². The molecule has 0 bridgehead atoms. The first-order valence-corrected chi connectivity index (χ1v) is 6.55. The number of amides is 1. The zero-order valence-corrected chi connectivity index (χ0v) is 10.4. The monoisotopic (exact) mass is 242 g/mol. The highest BCUT2D eigenvalue weighted by atomic mass is 16.2. The maximum absolute atomic E-state index is 12.6. The Bertz CT molecular complexity index is 479. The maximum Gasteiger partial charge on any atom is 0.232 e. The quantitative estimate of drug-likeness (QED) is 0.822. The van der Waals surface area contributed by atoms with Crippen LogP contribution in [0.2, 0.25) is 0 Å². The van der Waals surface area contributed by atoms with Gasteiger partial charge in [-0.25, -0.2) is 0 Å². The molecule has 1 amide bonds. The van der Waals surface area contributed by atoms with Crippen molar-refractivity contribution in [1.82, 2.24) is 4.90 Å². The van der Waals surface area contributed by atoms with Crippen molar-refractivity contribution in [2.75, 3.05) is 18.4 Å². The third-order valence-corrected chi connectivity index (χ3v) is 3.73. The Balaban J connectivity index is 1.82. The summed E-state index contributed by atoms with van der Waals surface area (Å²) in [6, 6.07) is 8.54. The van der Waals surface area contributed by atoms with Crippen molar-refractivity contribution in [3.63, 3.8) is 0 Å². The summed E-state index contributed by atoms with van der Waals surface area (Å²) in [6.07, 6.45) is 4.10. The van der Waals surface area contributed by atoms with E-state index in [0.29, 0.717) is 12.6 Å². The third-order valence-electron chi connectivity index (χ3n) is 3.73. The summed E-state index contributed by atoms with van der Waals surface area (Å²) in [4.78, 5) is 14.6. The Hall–Kier alpha value is -1.77. The standard InChI is InChI=1S/C15H18N2O/c1-2-9-17(11-7-8-11)15(18)13-10-16-14-6-4-3-5-12(13)14/h2-6,11,13,16H,1,7-10H2. The summed E-state index contributed by atoms with van der Waals surface area (Å²) >= 11 is 0. The van der Waals surface area contributed by atoms with E-state index in [-0.39, 0.29) is 11.8 Å². The minimum atomic E-state index is -0.0262. The van der Waals surface area contributed by atoms with Gasteiger partial charge in [-0.2, -0.15) is 0 Å². The smallest absolute Gasteiger partial charge is 0.232 e. The van der Waals surface area contributed by atoms with Gasteiger partial charge in [0.1, 0.15) is 0 Å². The van der Waals surface area contributed by atoms with Crippen LogP contribution >= 0.6 is 0 Å². The lowest BCUT2D eigenvalue weighted by molar-refractivity contribution is -0.132. The second kappa shape index (κ2) is 4.48. The lowest BCUT2D eigenvalue weighted by Gasteiger charge is -2.24. The van der Waals surface area contributed by atoms with Gasteiger partial charge in [-0.3, -0.25) is 4.79 Å². The summed E-state index contributed by atoms with van der Waals surface area (Å²) in [6.45, 7) is 5.14. The van der Waals surface area contributed by atoms with Gasteiger partial charge in [0.25, 0.3) is 0 Å². The van der Waals surface area contributed by atoms with Gasteiger partial charge in [-0.05, 0) is 24.5 Å². The number of para-hydroxylation sites is 1. The molecule has 3 nitrogen and oxygen atoms in total. The van der Waals surface area contributed by atoms with Gasteiger partial charge < -0.3 is 10.2 Å². The maximum atomic E-state index is 12.6. The first-order chi connectivity index (χ1) is 8.81. The second-order valence-electron chi connectivity index (χ2n) is 5.03. The molecule has 0 saturated heterocycles. The molecule has 1 aliphatic heterocycles. The van der Waals surface area contributed by atoms with Crippen molar-refractivity contribution in [3.05, 3.63) is 42.5 Å². The highest BCUT2D eigenvalue weighted by molar-refractivity contribution is 5.88. The van der Waals surface area contributed by atoms with Crippen LogP contribution in [0.15, 0.2) is 36.9 Å². The third kappa shape index (κ3) is 1.90. The number of fused-ring (bicyclic) bond motifs is 1. The van der Waals surface area contributed by atoms with E-state index in [9.17, 15) is 4.79 Å². The molecule has 94 valence electrons. The fraction of sp³-hybridized carbons (Fsp3) is 0.400. The van der Waals surface area contributed by atoms with E-state index in [4.69, 9.17) is 0 Å². The van der Waals surface area contributed by atoms with Crippen LogP contribution < -0.4 is 5.32 Å². The van der Waals surface area contributed by atoms with Crippen LogP contribution in [0.5, 0.6) is 0 Å². The zero-order valence-electron chi connectivity index (χ0n) is 10.4. The first-order valence-electron chi connectivity index (χ1n) is 6.55. The highest BCUT2D eigenvalue weighted by Gasteiger charge is 2.37. The number of carbonyl (C=O) groups is 1. The summed E-state index contributed by atoms with van der Waals surface area (Å²) in [5, 5.41) is 3.31. The minimum Gasteiger partial charge on any atom is -0.384 e. The van der Waals surface area contributed by atoms with E-state index in [1.54, 1.807) is 0 Å². The van der Waals surface area contributed by atoms with Gasteiger partial charge in [-0.1, -0.05) is 24.3 Å². The Kier molecular flexibility index (Phi) is 2.82. The normalized spacial score (nSPS) is 21.0. The summed E-state index contributed by atoms with van der Waals surface area (Å²) < 4.78 is 0. The molecule has 0 radical (unpaired) electrons. The minimum absolute atomic E-state index is 0.0262. The Morgan fingerprint density at radius 3 is 2.94 bits per heavy atom. The topological polar surface area (TPSA) is 32.3 Å². The average Bonchev–Trinajstić information content (AvgIpc) is 3.14. The van der Waals surface area contributed by atoms with Gasteiger partial charge in [-0.15, -0.1) is 6.58 Å². The lowest BCUT2D eigenvalue weighted by atomic mass is 10.00. The highest BCUT2D eigenvalue weighted by Crippen LogP contribution is 2.35. The van der Waals surface area contributed by atoms with Gasteiger partial charge in [0.05, 0.1) is 5.92 Å². The van der Waals surface area contributed by atoms with Crippen LogP contribution in [-0.2, 0) is 4.79 Å². The van der Waals surface area contributed by atoms with Crippen LogP contribution in [0.1, 0.15) is 24.3 Å². The molecule has 1 atom stereocenters. The molecule has 1 aromatic carbocycles. The second-order valence-corrected chi connectivity index (χ2v) is 5.03. The van der Waals surface area contributed by atoms with Crippen molar-refractivity contribution in [3.8, 4) is 0 Å². The number of hydrogen-bond acceptors (Lipinski definition) is 2. The number of anilines is 1. The molecule has 2 aliphatic rings. The number of nitrogens with one attached hydrogen (secondary N) is 1. The van der Waals surface area contributed by atoms with Crippen molar-refractivity contribution >= 4 is 11.6 Å². The van der Waals surface area contributed by atoms with Gasteiger partial charge in [0.15, 0.2) is 0 Å². The lowest BCUT2D eigenvalue weighted by Crippen LogP contribution is -2.37. The zero-order chi connectivity index (χ0) is 12.5. The van der Waals surface area contributed by atoms with Crippen LogP contribution in [-0.4, -0.2) is 29.9 Å². The molecule has 18 heavy (non-hydrogen) atoms. The summed E-state index contributed by atoms with van der Waals surface area (Å²) in [5.41, 5.74) is 2.24. The van der Waals surface area contributed by atoms with Crippen LogP contribution in [0.3, 0.4) is 0 Å². The van der Waals surface area contributed by atoms with Crippen LogP contribution in [0.4, 0.5) is 5.69 Å². The van der Waals surface area contributed by atoms with Crippen LogP contribution in [0.25, 0.3) is 0 Å². The first kappa shape index (κ1) is 11.3. The molecule has 0 aromatic heterocycles. The fourth-order valence-electron chi connectivity index (χ4n) is 2.65. The fourth-order valence-corrected chi connectivity index (χ4v) is 2.65. The van der Waals surface area contributed by atoms with E-state index >= 15 is 0 Å². The number of nitrogens with zero attached hydrogens (tertiary/aromatic N) is 1. The number of carbonyl (C=O) groups excluding carboxylic acids is 1. The molecule has 1 fully saturated rings. The molecule has 0 spiro atoms. The Morgan fingerprint density at radius 1 is 1.44 bits per heavy atom. The number of benzene rings is 1. The molecule has 1 aliphatic carbocycles. The molecule has 1 aromatic rings. The predicted octanol–water partition coefficient (Wildman–Crippen LogP) is 2.37. The molecule has 1 unspecified atom stereocenters. The van der Waals surface area contributed by atoms with E-state index in [1.165, 1.54) is 0 Å². The predicted molar refractivity (Wildman–Crippen MR) is 72.6 cm³/mol. The Morgan fingerprint density at radius 2 is 2.22 bits per heavy atom. The summed E-state index contributed by atoms with van der Waals surface area (Å²) in [5.74, 6) is 0.219. The van der Waals surface area contributed by atoms with Crippen LogP contribution in [0, 0.1) is 0 Å². The molecule has 3 rings (SSSR count). The van der Waals surface area contributed by atoms with Gasteiger partial charge in [0.2, 0.25) is 5.91 Å². The molecule has 1 saturated carbocycles. The van der Waals surface area contributed by atoms with Crippen molar-refractivity contribution in [2.45, 2.75) is 24.8 Å². The van der Waals surface area contributed by atoms with Crippen molar-refractivity contribution in [2.24, 2.45) is 0 Å². The molecular weight excluding hydrogens is 224 g/mol. The molecular formula is C15H18N2O. The van der Waals surface area contributed by atoms with Crippen molar-refractivity contribution in [1.29, 1.82) is 0 Å². The molecule has 1 N–H and O–H groups in total. The average molecular weight is 242 g/mol. The SMILES string of the molecule is C=CCN(C(=O)C1CNc2ccccc21)C1CC1. The van der Waals surface area contributed by atoms with Gasteiger partial charge in [0, 0.05) is 24.8 Å². The molecule has 3 heteroatoms. The Labute approximate surface area is 107 Å².